The molecule has 1 aromatic heterocycles. The van der Waals surface area contributed by atoms with Crippen LogP contribution in [0.3, 0.4) is 0 Å². The zero-order valence-electron chi connectivity index (χ0n) is 14.1. The molecular weight excluding hydrogens is 331 g/mol. The molecule has 0 aliphatic heterocycles. The quantitative estimate of drug-likeness (QED) is 0.859. The molecule has 0 unspecified atom stereocenters. The molecule has 134 valence electrons. The Balaban J connectivity index is 2.01. The molecule has 4 nitrogen and oxygen atoms in total. The van der Waals surface area contributed by atoms with Crippen molar-refractivity contribution >= 4 is 11.7 Å². The highest BCUT2D eigenvalue weighted by molar-refractivity contribution is 5.94. The number of benzene rings is 1. The molecule has 2 aromatic rings. The Morgan fingerprint density at radius 3 is 2.44 bits per heavy atom. The lowest BCUT2D eigenvalue weighted by Crippen LogP contribution is -2.25. The minimum Gasteiger partial charge on any atom is -0.357 e. The molecule has 1 aromatic carbocycles. The summed E-state index contributed by atoms with van der Waals surface area (Å²) < 4.78 is 38.1. The summed E-state index contributed by atoms with van der Waals surface area (Å²) in [7, 11) is 0. The number of aromatic nitrogens is 1. The number of anilines is 1. The van der Waals surface area contributed by atoms with Gasteiger partial charge in [0.15, 0.2) is 0 Å². The second-order valence-electron chi connectivity index (χ2n) is 5.46. The average molecular weight is 351 g/mol. The first-order valence-electron chi connectivity index (χ1n) is 8.00. The maximum Gasteiger partial charge on any atom is 0.416 e. The molecule has 0 saturated carbocycles. The summed E-state index contributed by atoms with van der Waals surface area (Å²) in [6.45, 7) is 5.66. The van der Waals surface area contributed by atoms with E-state index in [4.69, 9.17) is 0 Å². The molecule has 0 aliphatic rings. The van der Waals surface area contributed by atoms with Crippen molar-refractivity contribution in [2.24, 2.45) is 0 Å². The number of alkyl halides is 3. The van der Waals surface area contributed by atoms with Crippen molar-refractivity contribution in [1.29, 1.82) is 0 Å². The molecule has 1 heterocycles. The van der Waals surface area contributed by atoms with Crippen LogP contribution in [0.25, 0.3) is 0 Å². The standard InChI is InChI=1S/C18H20F3N3O/c1-3-24(4-2)16-9-8-14(12-22-16)17(25)23-11-13-6-5-7-15(10-13)18(19,20)21/h5-10,12H,3-4,11H2,1-2H3,(H,23,25). The molecule has 25 heavy (non-hydrogen) atoms. The smallest absolute Gasteiger partial charge is 0.357 e. The third-order valence-corrected chi connectivity index (χ3v) is 3.80. The van der Waals surface area contributed by atoms with Gasteiger partial charge in [-0.3, -0.25) is 4.79 Å². The summed E-state index contributed by atoms with van der Waals surface area (Å²) in [5, 5.41) is 2.61. The first kappa shape index (κ1) is 18.8. The van der Waals surface area contributed by atoms with Crippen LogP contribution < -0.4 is 10.2 Å². The molecule has 0 aliphatic carbocycles. The van der Waals surface area contributed by atoms with Crippen LogP contribution in [0.5, 0.6) is 0 Å². The first-order chi connectivity index (χ1) is 11.8. The highest BCUT2D eigenvalue weighted by Crippen LogP contribution is 2.29. The number of nitrogens with zero attached hydrogens (tertiary/aromatic N) is 2. The van der Waals surface area contributed by atoms with Gasteiger partial charge in [0.1, 0.15) is 5.82 Å². The molecule has 0 bridgehead atoms. The second-order valence-corrected chi connectivity index (χ2v) is 5.46. The van der Waals surface area contributed by atoms with E-state index in [-0.39, 0.29) is 12.5 Å². The molecule has 0 fully saturated rings. The molecular formula is C18H20F3N3O. The van der Waals surface area contributed by atoms with E-state index in [0.717, 1.165) is 31.0 Å². The van der Waals surface area contributed by atoms with Crippen LogP contribution in [0, 0.1) is 0 Å². The molecule has 0 radical (unpaired) electrons. The van der Waals surface area contributed by atoms with Crippen LogP contribution in [-0.4, -0.2) is 24.0 Å². The van der Waals surface area contributed by atoms with Gasteiger partial charge in [0.25, 0.3) is 5.91 Å². The average Bonchev–Trinajstić information content (AvgIpc) is 2.61. The van der Waals surface area contributed by atoms with Gasteiger partial charge in [-0.1, -0.05) is 12.1 Å². The van der Waals surface area contributed by atoms with Crippen LogP contribution in [0.15, 0.2) is 42.6 Å². The van der Waals surface area contributed by atoms with Gasteiger partial charge in [-0.2, -0.15) is 13.2 Å². The third-order valence-electron chi connectivity index (χ3n) is 3.80. The van der Waals surface area contributed by atoms with Gasteiger partial charge in [-0.25, -0.2) is 4.98 Å². The van der Waals surface area contributed by atoms with Crippen molar-refractivity contribution in [2.45, 2.75) is 26.6 Å². The maximum atomic E-state index is 12.7. The number of hydrogen-bond acceptors (Lipinski definition) is 3. The number of nitrogens with one attached hydrogen (secondary N) is 1. The fraction of sp³-hybridized carbons (Fsp3) is 0.333. The molecule has 1 amide bonds. The van der Waals surface area contributed by atoms with Crippen LogP contribution in [0.4, 0.5) is 19.0 Å². The summed E-state index contributed by atoms with van der Waals surface area (Å²) >= 11 is 0. The number of halogens is 3. The lowest BCUT2D eigenvalue weighted by atomic mass is 10.1. The number of carbonyl (C=O) groups is 1. The largest absolute Gasteiger partial charge is 0.416 e. The maximum absolute atomic E-state index is 12.7. The highest BCUT2D eigenvalue weighted by Gasteiger charge is 2.30. The van der Waals surface area contributed by atoms with E-state index in [1.807, 2.05) is 18.7 Å². The van der Waals surface area contributed by atoms with Gasteiger partial charge in [0.05, 0.1) is 11.1 Å². The monoisotopic (exact) mass is 351 g/mol. The fourth-order valence-corrected chi connectivity index (χ4v) is 2.40. The van der Waals surface area contributed by atoms with E-state index in [1.54, 1.807) is 12.1 Å². The summed E-state index contributed by atoms with van der Waals surface area (Å²) in [5.74, 6) is 0.399. The van der Waals surface area contributed by atoms with Gasteiger partial charge >= 0.3 is 6.18 Å². The van der Waals surface area contributed by atoms with Gasteiger partial charge < -0.3 is 10.2 Å². The Labute approximate surface area is 144 Å². The van der Waals surface area contributed by atoms with E-state index < -0.39 is 11.7 Å². The number of rotatable bonds is 6. The van der Waals surface area contributed by atoms with Gasteiger partial charge in [0.2, 0.25) is 0 Å². The Kier molecular flexibility index (Phi) is 6.01. The summed E-state index contributed by atoms with van der Waals surface area (Å²) in [6.07, 6.45) is -2.93. The third kappa shape index (κ3) is 4.95. The predicted molar refractivity (Wildman–Crippen MR) is 90.4 cm³/mol. The van der Waals surface area contributed by atoms with Gasteiger partial charge in [0, 0.05) is 25.8 Å². The molecule has 2 rings (SSSR count). The second kappa shape index (κ2) is 8.00. The van der Waals surface area contributed by atoms with Gasteiger partial charge in [-0.05, 0) is 43.7 Å². The Morgan fingerprint density at radius 1 is 1.16 bits per heavy atom. The van der Waals surface area contributed by atoms with Crippen LogP contribution in [0.1, 0.15) is 35.3 Å². The van der Waals surface area contributed by atoms with E-state index >= 15 is 0 Å². The minimum atomic E-state index is -4.40. The van der Waals surface area contributed by atoms with Crippen molar-refractivity contribution < 1.29 is 18.0 Å². The lowest BCUT2D eigenvalue weighted by molar-refractivity contribution is -0.137. The van der Waals surface area contributed by atoms with Crippen molar-refractivity contribution in [3.05, 3.63) is 59.3 Å². The number of pyridine rings is 1. The van der Waals surface area contributed by atoms with Gasteiger partial charge in [-0.15, -0.1) is 0 Å². The van der Waals surface area contributed by atoms with Crippen molar-refractivity contribution in [2.75, 3.05) is 18.0 Å². The Morgan fingerprint density at radius 2 is 1.88 bits per heavy atom. The minimum absolute atomic E-state index is 0.0144. The van der Waals surface area contributed by atoms with Crippen LogP contribution >= 0.6 is 0 Å². The topological polar surface area (TPSA) is 45.2 Å². The molecule has 0 saturated heterocycles. The lowest BCUT2D eigenvalue weighted by Gasteiger charge is -2.19. The predicted octanol–water partition coefficient (Wildman–Crippen LogP) is 3.88. The van der Waals surface area contributed by atoms with E-state index in [2.05, 4.69) is 10.3 Å². The zero-order chi connectivity index (χ0) is 18.4. The Bertz CT molecular complexity index is 710. The van der Waals surface area contributed by atoms with E-state index in [9.17, 15) is 18.0 Å². The summed E-state index contributed by atoms with van der Waals surface area (Å²) in [4.78, 5) is 18.4. The normalized spacial score (nSPS) is 11.2. The molecule has 0 spiro atoms. The SMILES string of the molecule is CCN(CC)c1ccc(C(=O)NCc2cccc(C(F)(F)F)c2)cn1. The van der Waals surface area contributed by atoms with Crippen molar-refractivity contribution in [3.63, 3.8) is 0 Å². The van der Waals surface area contributed by atoms with Crippen LogP contribution in [-0.2, 0) is 12.7 Å². The van der Waals surface area contributed by atoms with E-state index in [1.165, 1.54) is 18.3 Å². The zero-order valence-corrected chi connectivity index (χ0v) is 14.1. The van der Waals surface area contributed by atoms with Crippen molar-refractivity contribution in [3.8, 4) is 0 Å². The number of carbonyl (C=O) groups excluding carboxylic acids is 1. The first-order valence-corrected chi connectivity index (χ1v) is 8.00. The summed E-state index contributed by atoms with van der Waals surface area (Å²) in [6, 6.07) is 8.31. The molecule has 0 atom stereocenters. The number of amides is 1. The fourth-order valence-electron chi connectivity index (χ4n) is 2.40. The van der Waals surface area contributed by atoms with E-state index in [0.29, 0.717) is 11.1 Å². The molecule has 1 N–H and O–H groups in total. The molecule has 7 heteroatoms. The Hall–Kier alpha value is -2.57. The number of hydrogen-bond donors (Lipinski definition) is 1. The summed E-state index contributed by atoms with van der Waals surface area (Å²) in [5.41, 5.74) is 0.0169. The van der Waals surface area contributed by atoms with Crippen molar-refractivity contribution in [1.82, 2.24) is 10.3 Å². The highest BCUT2D eigenvalue weighted by atomic mass is 19.4. The van der Waals surface area contributed by atoms with Crippen LogP contribution in [0.2, 0.25) is 0 Å².